The monoisotopic (exact) mass is 371 g/mol. The number of amides is 1. The van der Waals surface area contributed by atoms with E-state index in [9.17, 15) is 9.59 Å². The van der Waals surface area contributed by atoms with Gasteiger partial charge in [-0.2, -0.15) is 19.4 Å². The second-order valence-electron chi connectivity index (χ2n) is 6.29. The van der Waals surface area contributed by atoms with Crippen LogP contribution in [0.15, 0.2) is 45.9 Å². The molecule has 0 bridgehead atoms. The number of hydrogen-bond acceptors (Lipinski definition) is 7. The molecule has 3 aromatic rings. The van der Waals surface area contributed by atoms with Crippen LogP contribution >= 0.6 is 11.5 Å². The van der Waals surface area contributed by atoms with Gasteiger partial charge in [0.25, 0.3) is 5.91 Å². The molecule has 2 atom stereocenters. The Morgan fingerprint density at radius 3 is 2.73 bits per heavy atom. The van der Waals surface area contributed by atoms with E-state index in [4.69, 9.17) is 4.42 Å². The zero-order chi connectivity index (χ0) is 18.1. The average molecular weight is 371 g/mol. The van der Waals surface area contributed by atoms with Gasteiger partial charge in [0.15, 0.2) is 0 Å². The number of carbonyl (C=O) groups excluding carboxylic acids is 1. The largest absolute Gasteiger partial charge is 0.414 e. The number of piperidine rings is 1. The zero-order valence-corrected chi connectivity index (χ0v) is 14.9. The van der Waals surface area contributed by atoms with Crippen molar-refractivity contribution in [1.82, 2.24) is 24.3 Å². The Morgan fingerprint density at radius 1 is 1.23 bits per heavy atom. The molecule has 0 spiro atoms. The molecule has 1 aromatic carbocycles. The predicted octanol–water partition coefficient (Wildman–Crippen LogP) is 2.09. The van der Waals surface area contributed by atoms with Crippen LogP contribution in [0.4, 0.5) is 0 Å². The fourth-order valence-electron chi connectivity index (χ4n) is 3.28. The molecule has 1 aliphatic rings. The van der Waals surface area contributed by atoms with E-state index < -0.39 is 4.94 Å². The van der Waals surface area contributed by atoms with Crippen molar-refractivity contribution in [1.29, 1.82) is 0 Å². The number of nitrogens with zero attached hydrogens (tertiary/aromatic N) is 5. The normalized spacial score (nSPS) is 20.3. The molecule has 4 rings (SSSR count). The summed E-state index contributed by atoms with van der Waals surface area (Å²) in [4.78, 5) is 27.4. The highest BCUT2D eigenvalue weighted by Crippen LogP contribution is 2.30. The van der Waals surface area contributed by atoms with Crippen LogP contribution in [-0.4, -0.2) is 42.8 Å². The summed E-state index contributed by atoms with van der Waals surface area (Å²) in [6.45, 7) is 2.49. The van der Waals surface area contributed by atoms with Gasteiger partial charge in [-0.25, -0.2) is 4.79 Å². The van der Waals surface area contributed by atoms with E-state index in [1.165, 1.54) is 4.80 Å². The second kappa shape index (κ2) is 6.83. The zero-order valence-electron chi connectivity index (χ0n) is 14.1. The molecule has 2 aromatic heterocycles. The number of carbonyl (C=O) groups is 1. The van der Waals surface area contributed by atoms with E-state index in [-0.39, 0.29) is 17.9 Å². The van der Waals surface area contributed by atoms with Crippen molar-refractivity contribution >= 4 is 17.4 Å². The first kappa shape index (κ1) is 16.6. The molecule has 9 heteroatoms. The maximum atomic E-state index is 13.3. The highest BCUT2D eigenvalue weighted by atomic mass is 32.1. The molecule has 134 valence electrons. The molecule has 0 saturated carbocycles. The maximum absolute atomic E-state index is 13.3. The Balaban J connectivity index is 1.64. The number of likely N-dealkylation sites (tertiary alicyclic amines) is 1. The Morgan fingerprint density at radius 2 is 2.00 bits per heavy atom. The van der Waals surface area contributed by atoms with Crippen molar-refractivity contribution in [2.45, 2.75) is 31.7 Å². The van der Waals surface area contributed by atoms with Crippen molar-refractivity contribution in [2.75, 3.05) is 6.54 Å². The van der Waals surface area contributed by atoms with Gasteiger partial charge >= 0.3 is 4.94 Å². The quantitative estimate of drug-likeness (QED) is 0.700. The van der Waals surface area contributed by atoms with Gasteiger partial charge in [-0.15, -0.1) is 0 Å². The number of benzene rings is 1. The van der Waals surface area contributed by atoms with Crippen LogP contribution in [-0.2, 0) is 0 Å². The van der Waals surface area contributed by atoms with E-state index >= 15 is 0 Å². The van der Waals surface area contributed by atoms with E-state index in [2.05, 4.69) is 14.6 Å². The highest BCUT2D eigenvalue weighted by Gasteiger charge is 2.33. The van der Waals surface area contributed by atoms with Crippen molar-refractivity contribution in [3.05, 3.63) is 57.8 Å². The lowest BCUT2D eigenvalue weighted by molar-refractivity contribution is 0.0596. The third-order valence-electron chi connectivity index (χ3n) is 4.66. The summed E-state index contributed by atoms with van der Waals surface area (Å²) in [5, 5.41) is 8.27. The van der Waals surface area contributed by atoms with Crippen LogP contribution < -0.4 is 4.94 Å². The van der Waals surface area contributed by atoms with E-state index in [0.717, 1.165) is 24.4 Å². The minimum absolute atomic E-state index is 0.0657. The summed E-state index contributed by atoms with van der Waals surface area (Å²) in [7, 11) is 0. The van der Waals surface area contributed by atoms with Crippen LogP contribution in [0.3, 0.4) is 0 Å². The second-order valence-corrected chi connectivity index (χ2v) is 6.99. The van der Waals surface area contributed by atoms with Crippen molar-refractivity contribution in [3.63, 3.8) is 0 Å². The minimum atomic E-state index is -0.411. The summed E-state index contributed by atoms with van der Waals surface area (Å²) < 4.78 is 9.25. The lowest BCUT2D eigenvalue weighted by Gasteiger charge is -2.37. The van der Waals surface area contributed by atoms with Gasteiger partial charge in [-0.1, -0.05) is 12.1 Å². The van der Waals surface area contributed by atoms with Gasteiger partial charge in [0, 0.05) is 24.1 Å². The molecular weight excluding hydrogens is 354 g/mol. The van der Waals surface area contributed by atoms with Crippen molar-refractivity contribution < 1.29 is 9.21 Å². The number of hydrogen-bond donors (Lipinski definition) is 0. The SMILES string of the molecule is C[C@@H]1CC[C@@H](c2nsc(=O)o2)CN1C(=O)c1ccccc1-n1nccn1. The molecule has 1 amide bonds. The van der Waals surface area contributed by atoms with E-state index in [1.54, 1.807) is 18.5 Å². The van der Waals surface area contributed by atoms with E-state index in [1.807, 2.05) is 30.0 Å². The molecule has 0 radical (unpaired) electrons. The molecule has 0 N–H and O–H groups in total. The standard InChI is InChI=1S/C17H17N5O3S/c1-11-6-7-12(15-20-26-17(24)25-15)10-21(11)16(23)13-4-2-3-5-14(13)22-18-8-9-19-22/h2-5,8-9,11-12H,6-7,10H2,1H3/t11-,12-/m1/s1. The third-order valence-corrected chi connectivity index (χ3v) is 5.16. The summed E-state index contributed by atoms with van der Waals surface area (Å²) in [5.41, 5.74) is 1.17. The summed E-state index contributed by atoms with van der Waals surface area (Å²) in [6.07, 6.45) is 4.80. The predicted molar refractivity (Wildman–Crippen MR) is 94.5 cm³/mol. The smallest absolute Gasteiger partial charge is 0.398 e. The highest BCUT2D eigenvalue weighted by molar-refractivity contribution is 7.02. The molecule has 1 aliphatic heterocycles. The molecule has 26 heavy (non-hydrogen) atoms. The summed E-state index contributed by atoms with van der Waals surface area (Å²) >= 11 is 0.810. The Labute approximate surface area is 153 Å². The van der Waals surface area contributed by atoms with Crippen LogP contribution in [0.2, 0.25) is 0 Å². The molecule has 1 saturated heterocycles. The fourth-order valence-corrected chi connectivity index (χ4v) is 3.75. The lowest BCUT2D eigenvalue weighted by Crippen LogP contribution is -2.45. The molecular formula is C17H17N5O3S. The lowest BCUT2D eigenvalue weighted by atomic mass is 9.92. The average Bonchev–Trinajstić information content (AvgIpc) is 3.33. The van der Waals surface area contributed by atoms with Crippen molar-refractivity contribution in [3.8, 4) is 5.69 Å². The van der Waals surface area contributed by atoms with E-state index in [0.29, 0.717) is 23.7 Å². The van der Waals surface area contributed by atoms with Gasteiger partial charge in [0.05, 0.1) is 29.6 Å². The fraction of sp³-hybridized carbons (Fsp3) is 0.353. The Bertz CT molecular complexity index is 965. The third kappa shape index (κ3) is 3.05. The van der Waals surface area contributed by atoms with Gasteiger partial charge in [-0.3, -0.25) is 4.79 Å². The van der Waals surface area contributed by atoms with Gasteiger partial charge in [0.1, 0.15) is 0 Å². The molecule has 0 unspecified atom stereocenters. The number of aromatic nitrogens is 4. The Kier molecular flexibility index (Phi) is 4.37. The topological polar surface area (TPSA) is 94.1 Å². The molecule has 8 nitrogen and oxygen atoms in total. The van der Waals surface area contributed by atoms with Gasteiger partial charge in [0.2, 0.25) is 5.89 Å². The van der Waals surface area contributed by atoms with Crippen molar-refractivity contribution in [2.24, 2.45) is 0 Å². The summed E-state index contributed by atoms with van der Waals surface area (Å²) in [5.74, 6) is 0.267. The van der Waals surface area contributed by atoms with Crippen LogP contribution in [0.25, 0.3) is 5.69 Å². The first-order chi connectivity index (χ1) is 12.6. The Hall–Kier alpha value is -2.81. The maximum Gasteiger partial charge on any atom is 0.414 e. The van der Waals surface area contributed by atoms with Crippen LogP contribution in [0, 0.1) is 0 Å². The van der Waals surface area contributed by atoms with Gasteiger partial charge < -0.3 is 9.32 Å². The number of para-hydroxylation sites is 1. The molecule has 1 fully saturated rings. The first-order valence-electron chi connectivity index (χ1n) is 8.37. The molecule has 3 heterocycles. The first-order valence-corrected chi connectivity index (χ1v) is 9.14. The number of rotatable bonds is 3. The van der Waals surface area contributed by atoms with Crippen LogP contribution in [0.5, 0.6) is 0 Å². The van der Waals surface area contributed by atoms with Gasteiger partial charge in [-0.05, 0) is 31.9 Å². The van der Waals surface area contributed by atoms with Crippen LogP contribution in [0.1, 0.15) is 41.9 Å². The minimum Gasteiger partial charge on any atom is -0.398 e. The molecule has 0 aliphatic carbocycles. The summed E-state index contributed by atoms with van der Waals surface area (Å²) in [6, 6.07) is 7.36.